The van der Waals surface area contributed by atoms with Gasteiger partial charge in [0.1, 0.15) is 5.95 Å². The van der Waals surface area contributed by atoms with Gasteiger partial charge < -0.3 is 4.98 Å². The van der Waals surface area contributed by atoms with Crippen molar-refractivity contribution in [2.24, 2.45) is 0 Å². The summed E-state index contributed by atoms with van der Waals surface area (Å²) < 4.78 is 15.2. The molecule has 3 aromatic heterocycles. The summed E-state index contributed by atoms with van der Waals surface area (Å²) in [4.78, 5) is 9.02. The summed E-state index contributed by atoms with van der Waals surface area (Å²) in [6.07, 6.45) is 1.78. The molecule has 4 rings (SSSR count). The molecule has 0 N–H and O–H groups in total. The average Bonchev–Trinajstić information content (AvgIpc) is 3.29. The van der Waals surface area contributed by atoms with E-state index in [2.05, 4.69) is 96.8 Å². The summed E-state index contributed by atoms with van der Waals surface area (Å²) in [6, 6.07) is 21.7. The summed E-state index contributed by atoms with van der Waals surface area (Å²) >= 11 is 0. The SMILES string of the molecule is CC(C)(C)c1cc[c-]c(-c2cc(C(C)(C)C)cc(C(C)(C)c3ccn(-c4[c-]ccc(F)n4)n3)n2)c1.[Pt+2]. The standard InChI is InChI=1S/C30H33FN4.Pt/c1-28(2,3)21-12-9-11-20(17-21)23-18-22(29(4,5)6)19-25(32-23)30(7,8)24-15-16-35(34-24)27-14-10-13-26(31)33-27;/h9-10,12-13,15-19H,1-8H3;/q-2;+2. The van der Waals surface area contributed by atoms with Crippen LogP contribution in [0, 0.1) is 18.1 Å². The molecule has 0 aliphatic carbocycles. The molecule has 6 heteroatoms. The fourth-order valence-electron chi connectivity index (χ4n) is 3.88. The number of hydrogen-bond donors (Lipinski definition) is 0. The Balaban J connectivity index is 0.00000361. The van der Waals surface area contributed by atoms with Gasteiger partial charge in [-0.2, -0.15) is 11.2 Å². The van der Waals surface area contributed by atoms with Crippen LogP contribution in [0.3, 0.4) is 0 Å². The molecule has 0 unspecified atom stereocenters. The van der Waals surface area contributed by atoms with Crippen molar-refractivity contribution in [2.75, 3.05) is 0 Å². The molecule has 0 amide bonds. The molecular weight excluding hydrogens is 630 g/mol. The molecule has 0 fully saturated rings. The third-order valence-corrected chi connectivity index (χ3v) is 6.37. The molecule has 1 aromatic carbocycles. The van der Waals surface area contributed by atoms with E-state index >= 15 is 0 Å². The van der Waals surface area contributed by atoms with E-state index in [1.807, 2.05) is 12.1 Å². The summed E-state index contributed by atoms with van der Waals surface area (Å²) in [7, 11) is 0. The van der Waals surface area contributed by atoms with Gasteiger partial charge in [-0.3, -0.25) is 0 Å². The van der Waals surface area contributed by atoms with Crippen LogP contribution in [0.1, 0.15) is 77.9 Å². The molecule has 0 radical (unpaired) electrons. The van der Waals surface area contributed by atoms with Gasteiger partial charge in [-0.1, -0.05) is 47.6 Å². The van der Waals surface area contributed by atoms with Gasteiger partial charge in [0.05, 0.1) is 16.9 Å². The van der Waals surface area contributed by atoms with E-state index in [4.69, 9.17) is 10.1 Å². The number of nitrogens with zero attached hydrogens (tertiary/aromatic N) is 4. The fourth-order valence-corrected chi connectivity index (χ4v) is 3.88. The van der Waals surface area contributed by atoms with E-state index < -0.39 is 11.4 Å². The quantitative estimate of drug-likeness (QED) is 0.175. The first-order chi connectivity index (χ1) is 16.2. The Bertz CT molecular complexity index is 1360. The Morgan fingerprint density at radius 3 is 2.06 bits per heavy atom. The predicted molar refractivity (Wildman–Crippen MR) is 138 cm³/mol. The molecule has 36 heavy (non-hydrogen) atoms. The maximum Gasteiger partial charge on any atom is 2.00 e. The van der Waals surface area contributed by atoms with Crippen LogP contribution >= 0.6 is 0 Å². The van der Waals surface area contributed by atoms with Crippen LogP contribution in [0.4, 0.5) is 4.39 Å². The van der Waals surface area contributed by atoms with Crippen molar-refractivity contribution < 1.29 is 25.5 Å². The topological polar surface area (TPSA) is 43.6 Å². The van der Waals surface area contributed by atoms with E-state index in [9.17, 15) is 4.39 Å². The molecule has 0 saturated heterocycles. The average molecular weight is 664 g/mol. The number of halogens is 1. The monoisotopic (exact) mass is 663 g/mol. The molecule has 190 valence electrons. The van der Waals surface area contributed by atoms with Gasteiger partial charge in [0, 0.05) is 11.9 Å². The first-order valence-electron chi connectivity index (χ1n) is 11.9. The van der Waals surface area contributed by atoms with Gasteiger partial charge in [0.25, 0.3) is 0 Å². The van der Waals surface area contributed by atoms with Crippen LogP contribution < -0.4 is 0 Å². The maximum atomic E-state index is 13.6. The minimum Gasteiger partial charge on any atom is -0.300 e. The van der Waals surface area contributed by atoms with Crippen molar-refractivity contribution in [1.29, 1.82) is 0 Å². The number of pyridine rings is 2. The molecule has 4 aromatic rings. The molecule has 3 heterocycles. The zero-order chi connectivity index (χ0) is 25.6. The molecule has 4 nitrogen and oxygen atoms in total. The van der Waals surface area contributed by atoms with Crippen LogP contribution in [0.5, 0.6) is 0 Å². The summed E-state index contributed by atoms with van der Waals surface area (Å²) in [5, 5.41) is 4.72. The second-order valence-electron chi connectivity index (χ2n) is 11.6. The van der Waals surface area contributed by atoms with E-state index in [-0.39, 0.29) is 31.9 Å². The van der Waals surface area contributed by atoms with Gasteiger partial charge >= 0.3 is 21.1 Å². The summed E-state index contributed by atoms with van der Waals surface area (Å²) in [6.45, 7) is 17.5. The van der Waals surface area contributed by atoms with Gasteiger partial charge in [0.15, 0.2) is 0 Å². The number of rotatable bonds is 4. The van der Waals surface area contributed by atoms with E-state index in [0.29, 0.717) is 5.82 Å². The van der Waals surface area contributed by atoms with Crippen molar-refractivity contribution in [3.63, 3.8) is 0 Å². The van der Waals surface area contributed by atoms with Gasteiger partial charge in [0.2, 0.25) is 0 Å². The Morgan fingerprint density at radius 2 is 1.42 bits per heavy atom. The van der Waals surface area contributed by atoms with Crippen molar-refractivity contribution >= 4 is 0 Å². The molecule has 0 saturated carbocycles. The van der Waals surface area contributed by atoms with Crippen molar-refractivity contribution in [2.45, 2.75) is 71.6 Å². The third kappa shape index (κ3) is 5.83. The molecular formula is C30H33FN4Pt. The molecule has 0 atom stereocenters. The molecule has 0 aliphatic heterocycles. The van der Waals surface area contributed by atoms with Crippen molar-refractivity contribution in [3.8, 4) is 17.1 Å². The van der Waals surface area contributed by atoms with Crippen LogP contribution in [-0.4, -0.2) is 19.7 Å². The smallest absolute Gasteiger partial charge is 0.300 e. The third-order valence-electron chi connectivity index (χ3n) is 6.37. The minimum atomic E-state index is -0.562. The number of aromatic nitrogens is 4. The Morgan fingerprint density at radius 1 is 0.750 bits per heavy atom. The van der Waals surface area contributed by atoms with Crippen LogP contribution in [-0.2, 0) is 37.3 Å². The summed E-state index contributed by atoms with van der Waals surface area (Å²) in [5.74, 6) is -0.245. The second kappa shape index (κ2) is 10.0. The first-order valence-corrected chi connectivity index (χ1v) is 11.9. The van der Waals surface area contributed by atoms with Crippen molar-refractivity contribution in [1.82, 2.24) is 19.7 Å². The Hall–Kier alpha value is -2.65. The van der Waals surface area contributed by atoms with E-state index in [0.717, 1.165) is 22.6 Å². The maximum absolute atomic E-state index is 13.6. The molecule has 0 bridgehead atoms. The van der Waals surface area contributed by atoms with Gasteiger partial charge in [-0.05, 0) is 48.1 Å². The van der Waals surface area contributed by atoms with Crippen LogP contribution in [0.2, 0.25) is 0 Å². The van der Waals surface area contributed by atoms with E-state index in [1.54, 1.807) is 10.9 Å². The first kappa shape index (κ1) is 27.9. The zero-order valence-corrected chi connectivity index (χ0v) is 24.5. The van der Waals surface area contributed by atoms with Crippen LogP contribution in [0.15, 0.2) is 54.7 Å². The molecule has 0 spiro atoms. The number of benzene rings is 1. The zero-order valence-electron chi connectivity index (χ0n) is 22.2. The Kier molecular flexibility index (Phi) is 7.77. The number of hydrogen-bond acceptors (Lipinski definition) is 3. The van der Waals surface area contributed by atoms with Crippen molar-refractivity contribution in [3.05, 3.63) is 95.3 Å². The van der Waals surface area contributed by atoms with Gasteiger partial charge in [-0.15, -0.1) is 35.4 Å². The second-order valence-corrected chi connectivity index (χ2v) is 11.6. The van der Waals surface area contributed by atoms with E-state index in [1.165, 1.54) is 23.3 Å². The Labute approximate surface area is 228 Å². The van der Waals surface area contributed by atoms with Crippen LogP contribution in [0.25, 0.3) is 17.1 Å². The largest absolute Gasteiger partial charge is 2.00 e. The predicted octanol–water partition coefficient (Wildman–Crippen LogP) is 6.99. The van der Waals surface area contributed by atoms with Gasteiger partial charge in [-0.25, -0.2) is 26.2 Å². The normalized spacial score (nSPS) is 12.4. The fraction of sp³-hybridized carbons (Fsp3) is 0.367. The summed E-state index contributed by atoms with van der Waals surface area (Å²) in [5.41, 5.74) is 5.50. The molecule has 0 aliphatic rings. The minimum absolute atomic E-state index is 0.